The Balaban J connectivity index is 2.85. The quantitative estimate of drug-likeness (QED) is 0.306. The first-order valence-corrected chi connectivity index (χ1v) is 15.8. The molecule has 0 aliphatic rings. The first kappa shape index (κ1) is 15.1. The molecule has 0 aliphatic heterocycles. The Labute approximate surface area is 103 Å². The SMILES string of the molecule is [CH3][SnH]([CH3])[CH2]CCCCCCCCCCl. The van der Waals surface area contributed by atoms with Crippen LogP contribution in [0.15, 0.2) is 0 Å². The van der Waals surface area contributed by atoms with E-state index < -0.39 is 19.8 Å². The van der Waals surface area contributed by atoms with Gasteiger partial charge >= 0.3 is 103 Å². The number of unbranched alkanes of at least 4 members (excludes halogenated alkanes) is 7. The summed E-state index contributed by atoms with van der Waals surface area (Å²) in [5.41, 5.74) is 0. The maximum absolute atomic E-state index is 5.62. The molecule has 0 saturated heterocycles. The van der Waals surface area contributed by atoms with Gasteiger partial charge in [0.2, 0.25) is 0 Å². The molecule has 0 nitrogen and oxygen atoms in total. The third-order valence-corrected chi connectivity index (χ3v) is 7.39. The maximum atomic E-state index is 5.62. The monoisotopic (exact) mass is 326 g/mol. The molecule has 0 amide bonds. The number of hydrogen-bond donors (Lipinski definition) is 0. The standard InChI is InChI=1S/C10H20Cl.2CH3.Sn.H/c1-2-3-4-5-6-7-8-9-10-11;;;;/h1-10H2;2*1H3;;. The van der Waals surface area contributed by atoms with Crippen LogP contribution in [0.4, 0.5) is 0 Å². The molecule has 0 N–H and O–H groups in total. The van der Waals surface area contributed by atoms with E-state index in [9.17, 15) is 0 Å². The zero-order chi connectivity index (χ0) is 10.6. The molecular weight excluding hydrogens is 298 g/mol. The average molecular weight is 326 g/mol. The molecule has 0 aromatic carbocycles. The molecule has 14 heavy (non-hydrogen) atoms. The Bertz CT molecular complexity index is 104. The van der Waals surface area contributed by atoms with Crippen LogP contribution in [0.1, 0.15) is 51.4 Å². The summed E-state index contributed by atoms with van der Waals surface area (Å²) >= 11 is 4.77. The summed E-state index contributed by atoms with van der Waals surface area (Å²) in [7, 11) is 0. The second-order valence-corrected chi connectivity index (χ2v) is 14.7. The van der Waals surface area contributed by atoms with Crippen molar-refractivity contribution < 1.29 is 0 Å². The van der Waals surface area contributed by atoms with Crippen LogP contribution in [0.3, 0.4) is 0 Å². The summed E-state index contributed by atoms with van der Waals surface area (Å²) in [6, 6.07) is 0. The van der Waals surface area contributed by atoms with Crippen LogP contribution >= 0.6 is 11.6 Å². The van der Waals surface area contributed by atoms with Gasteiger partial charge in [0.25, 0.3) is 0 Å². The summed E-state index contributed by atoms with van der Waals surface area (Å²) in [6.45, 7) is 0. The Morgan fingerprint density at radius 3 is 1.57 bits per heavy atom. The van der Waals surface area contributed by atoms with E-state index in [2.05, 4.69) is 9.88 Å². The fourth-order valence-electron chi connectivity index (χ4n) is 1.71. The van der Waals surface area contributed by atoms with Crippen LogP contribution in [-0.2, 0) is 0 Å². The molecule has 0 bridgehead atoms. The molecule has 0 rings (SSSR count). The molecule has 0 radical (unpaired) electrons. The van der Waals surface area contributed by atoms with Crippen molar-refractivity contribution in [3.8, 4) is 0 Å². The molecule has 86 valence electrons. The van der Waals surface area contributed by atoms with Gasteiger partial charge in [-0.1, -0.05) is 0 Å². The summed E-state index contributed by atoms with van der Waals surface area (Å²) in [5.74, 6) is 0.849. The van der Waals surface area contributed by atoms with E-state index in [1.54, 1.807) is 4.44 Å². The van der Waals surface area contributed by atoms with Crippen molar-refractivity contribution in [2.45, 2.75) is 65.7 Å². The van der Waals surface area contributed by atoms with Gasteiger partial charge in [0.1, 0.15) is 0 Å². The Kier molecular flexibility index (Phi) is 13.1. The summed E-state index contributed by atoms with van der Waals surface area (Å²) in [4.78, 5) is 5.04. The van der Waals surface area contributed by atoms with Crippen molar-refractivity contribution in [2.75, 3.05) is 5.88 Å². The Morgan fingerprint density at radius 1 is 0.714 bits per heavy atom. The first-order valence-electron chi connectivity index (χ1n) is 6.33. The van der Waals surface area contributed by atoms with Crippen LogP contribution in [0, 0.1) is 0 Å². The van der Waals surface area contributed by atoms with E-state index in [4.69, 9.17) is 11.6 Å². The molecule has 0 aromatic rings. The zero-order valence-corrected chi connectivity index (χ0v) is 14.1. The van der Waals surface area contributed by atoms with Gasteiger partial charge < -0.3 is 0 Å². The third-order valence-electron chi connectivity index (χ3n) is 2.67. The summed E-state index contributed by atoms with van der Waals surface area (Å²) < 4.78 is 1.62. The van der Waals surface area contributed by atoms with Crippen molar-refractivity contribution in [3.05, 3.63) is 0 Å². The van der Waals surface area contributed by atoms with E-state index in [0.717, 1.165) is 5.88 Å². The van der Waals surface area contributed by atoms with E-state index in [1.165, 1.54) is 51.4 Å². The molecule has 0 spiro atoms. The van der Waals surface area contributed by atoms with E-state index in [-0.39, 0.29) is 0 Å². The van der Waals surface area contributed by atoms with Gasteiger partial charge in [0.15, 0.2) is 0 Å². The van der Waals surface area contributed by atoms with Gasteiger partial charge in [0, 0.05) is 0 Å². The van der Waals surface area contributed by atoms with E-state index in [1.807, 2.05) is 0 Å². The third kappa shape index (κ3) is 13.1. The van der Waals surface area contributed by atoms with E-state index in [0.29, 0.717) is 0 Å². The van der Waals surface area contributed by atoms with Crippen molar-refractivity contribution in [1.29, 1.82) is 0 Å². The van der Waals surface area contributed by atoms with Crippen LogP contribution in [0.5, 0.6) is 0 Å². The minimum atomic E-state index is -0.847. The van der Waals surface area contributed by atoms with Crippen LogP contribution < -0.4 is 0 Å². The number of halogens is 1. The summed E-state index contributed by atoms with van der Waals surface area (Å²) in [5, 5.41) is 0. The number of rotatable bonds is 10. The van der Waals surface area contributed by atoms with Gasteiger partial charge in [-0.15, -0.1) is 0 Å². The molecule has 0 heterocycles. The van der Waals surface area contributed by atoms with Gasteiger partial charge in [-0.25, -0.2) is 0 Å². The molecule has 0 unspecified atom stereocenters. The first-order chi connectivity index (χ1) is 6.77. The summed E-state index contributed by atoms with van der Waals surface area (Å²) in [6.07, 6.45) is 11.3. The molecular formula is C12H27ClSn. The zero-order valence-electron chi connectivity index (χ0n) is 10.0. The van der Waals surface area contributed by atoms with Crippen LogP contribution in [-0.4, -0.2) is 25.6 Å². The molecule has 0 fully saturated rings. The normalized spacial score (nSPS) is 11.1. The van der Waals surface area contributed by atoms with E-state index >= 15 is 0 Å². The van der Waals surface area contributed by atoms with Crippen molar-refractivity contribution >= 4 is 31.4 Å². The number of hydrogen-bond acceptors (Lipinski definition) is 0. The second-order valence-electron chi connectivity index (χ2n) is 4.70. The van der Waals surface area contributed by atoms with Gasteiger partial charge in [-0.3, -0.25) is 0 Å². The second kappa shape index (κ2) is 12.2. The van der Waals surface area contributed by atoms with Crippen molar-refractivity contribution in [1.82, 2.24) is 0 Å². The predicted molar refractivity (Wildman–Crippen MR) is 71.3 cm³/mol. The topological polar surface area (TPSA) is 0 Å². The van der Waals surface area contributed by atoms with Crippen LogP contribution in [0.25, 0.3) is 0 Å². The molecule has 0 atom stereocenters. The van der Waals surface area contributed by atoms with Gasteiger partial charge in [-0.05, 0) is 0 Å². The minimum absolute atomic E-state index is 0.847. The fourth-order valence-corrected chi connectivity index (χ4v) is 5.05. The molecule has 0 aliphatic carbocycles. The Hall–Kier alpha value is 1.09. The predicted octanol–water partition coefficient (Wildman–Crippen LogP) is 4.83. The molecule has 2 heteroatoms. The van der Waals surface area contributed by atoms with Crippen molar-refractivity contribution in [2.24, 2.45) is 0 Å². The van der Waals surface area contributed by atoms with Gasteiger partial charge in [-0.2, -0.15) is 0 Å². The van der Waals surface area contributed by atoms with Crippen LogP contribution in [0.2, 0.25) is 14.3 Å². The fraction of sp³-hybridized carbons (Fsp3) is 1.00. The average Bonchev–Trinajstić information content (AvgIpc) is 2.15. The van der Waals surface area contributed by atoms with Crippen molar-refractivity contribution in [3.63, 3.8) is 0 Å². The molecule has 0 saturated carbocycles. The van der Waals surface area contributed by atoms with Gasteiger partial charge in [0.05, 0.1) is 0 Å². The Morgan fingerprint density at radius 2 is 1.14 bits per heavy atom. The number of alkyl halides is 1. The molecule has 0 aromatic heterocycles.